The lowest BCUT2D eigenvalue weighted by molar-refractivity contribution is -0.0374. The van der Waals surface area contributed by atoms with E-state index in [-0.39, 0.29) is 5.56 Å². The van der Waals surface area contributed by atoms with Crippen molar-refractivity contribution in [3.05, 3.63) is 35.6 Å². The first kappa shape index (κ1) is 8.67. The van der Waals surface area contributed by atoms with Gasteiger partial charge in [0.05, 0.1) is 0 Å². The number of hydrogen-bond donors (Lipinski definition) is 1. The molecule has 0 aromatic heterocycles. The number of amides is 1. The maximum atomic E-state index is 12.4. The number of hydroxylamine groups is 2. The van der Waals surface area contributed by atoms with Crippen molar-refractivity contribution >= 4 is 5.91 Å². The molecule has 0 aliphatic rings. The molecule has 1 rings (SSSR count). The molecule has 12 heavy (non-hydrogen) atoms. The van der Waals surface area contributed by atoms with E-state index < -0.39 is 11.7 Å². The van der Waals surface area contributed by atoms with E-state index in [1.807, 2.05) is 0 Å². The van der Waals surface area contributed by atoms with Crippen LogP contribution < -0.4 is 0 Å². The van der Waals surface area contributed by atoms with Gasteiger partial charge in [-0.25, -0.2) is 9.45 Å². The lowest BCUT2D eigenvalue weighted by Gasteiger charge is -2.07. The van der Waals surface area contributed by atoms with Crippen LogP contribution in [0.15, 0.2) is 24.3 Å². The summed E-state index contributed by atoms with van der Waals surface area (Å²) in [6.07, 6.45) is 0. The van der Waals surface area contributed by atoms with Gasteiger partial charge in [-0.1, -0.05) is 0 Å². The Morgan fingerprint density at radius 3 is 2.33 bits per heavy atom. The van der Waals surface area contributed by atoms with Gasteiger partial charge in [0, 0.05) is 12.6 Å². The summed E-state index contributed by atoms with van der Waals surface area (Å²) in [5.74, 6) is -0.970. The molecule has 64 valence electrons. The van der Waals surface area contributed by atoms with Crippen LogP contribution in [0.1, 0.15) is 10.4 Å². The molecule has 1 aromatic carbocycles. The van der Waals surface area contributed by atoms with Gasteiger partial charge >= 0.3 is 0 Å². The third kappa shape index (κ3) is 1.79. The minimum absolute atomic E-state index is 0.251. The smallest absolute Gasteiger partial charge is 0.276 e. The maximum absolute atomic E-state index is 12.4. The normalized spacial score (nSPS) is 9.58. The van der Waals surface area contributed by atoms with Gasteiger partial charge in [0.2, 0.25) is 0 Å². The minimum Gasteiger partial charge on any atom is -0.286 e. The number of halogens is 1. The SMILES string of the molecule is CN(O)C(=O)c1ccc(F)cc1. The Morgan fingerprint density at radius 1 is 1.42 bits per heavy atom. The van der Waals surface area contributed by atoms with Crippen LogP contribution in [0, 0.1) is 5.82 Å². The second-order valence-corrected chi connectivity index (χ2v) is 2.34. The Labute approximate surface area is 69.0 Å². The summed E-state index contributed by atoms with van der Waals surface area (Å²) in [6.45, 7) is 0. The summed E-state index contributed by atoms with van der Waals surface area (Å²) >= 11 is 0. The van der Waals surface area contributed by atoms with E-state index in [9.17, 15) is 9.18 Å². The molecule has 0 spiro atoms. The molecule has 1 amide bonds. The fourth-order valence-corrected chi connectivity index (χ4v) is 0.779. The zero-order valence-electron chi connectivity index (χ0n) is 6.49. The van der Waals surface area contributed by atoms with Crippen LogP contribution in [0.25, 0.3) is 0 Å². The van der Waals surface area contributed by atoms with E-state index >= 15 is 0 Å². The molecule has 0 aliphatic carbocycles. The Balaban J connectivity index is 2.90. The molecule has 0 bridgehead atoms. The van der Waals surface area contributed by atoms with Crippen LogP contribution in [0.3, 0.4) is 0 Å². The molecule has 0 unspecified atom stereocenters. The van der Waals surface area contributed by atoms with Crippen LogP contribution in [0.4, 0.5) is 4.39 Å². The van der Waals surface area contributed by atoms with Crippen LogP contribution in [0.5, 0.6) is 0 Å². The van der Waals surface area contributed by atoms with Gasteiger partial charge in [-0.15, -0.1) is 0 Å². The Hall–Kier alpha value is -1.42. The van der Waals surface area contributed by atoms with Gasteiger partial charge in [0.1, 0.15) is 5.82 Å². The highest BCUT2D eigenvalue weighted by Gasteiger charge is 2.07. The van der Waals surface area contributed by atoms with Gasteiger partial charge < -0.3 is 0 Å². The molecular formula is C8H8FNO2. The van der Waals surface area contributed by atoms with Gasteiger partial charge in [-0.05, 0) is 24.3 Å². The van der Waals surface area contributed by atoms with Crippen molar-refractivity contribution in [2.45, 2.75) is 0 Å². The molecule has 1 N–H and O–H groups in total. The lowest BCUT2D eigenvalue weighted by Crippen LogP contribution is -2.22. The molecule has 1 aromatic rings. The number of hydrogen-bond acceptors (Lipinski definition) is 2. The fraction of sp³-hybridized carbons (Fsp3) is 0.125. The standard InChI is InChI=1S/C8H8FNO2/c1-10(12)8(11)6-2-4-7(9)5-3-6/h2-5,12H,1H3. The van der Waals surface area contributed by atoms with E-state index in [1.54, 1.807) is 0 Å². The zero-order valence-corrected chi connectivity index (χ0v) is 6.49. The molecule has 0 saturated carbocycles. The fourth-order valence-electron chi connectivity index (χ4n) is 0.779. The number of carbonyl (C=O) groups is 1. The second-order valence-electron chi connectivity index (χ2n) is 2.34. The zero-order chi connectivity index (χ0) is 9.14. The molecular weight excluding hydrogens is 161 g/mol. The number of rotatable bonds is 1. The van der Waals surface area contributed by atoms with Gasteiger partial charge in [0.25, 0.3) is 5.91 Å². The van der Waals surface area contributed by atoms with E-state index in [4.69, 9.17) is 5.21 Å². The highest BCUT2D eigenvalue weighted by Crippen LogP contribution is 2.04. The molecule has 4 heteroatoms. The van der Waals surface area contributed by atoms with Crippen molar-refractivity contribution in [1.29, 1.82) is 0 Å². The first-order valence-corrected chi connectivity index (χ1v) is 3.34. The van der Waals surface area contributed by atoms with Crippen molar-refractivity contribution < 1.29 is 14.4 Å². The monoisotopic (exact) mass is 169 g/mol. The highest BCUT2D eigenvalue weighted by molar-refractivity contribution is 5.93. The summed E-state index contributed by atoms with van der Waals surface area (Å²) in [4.78, 5) is 11.0. The van der Waals surface area contributed by atoms with Crippen molar-refractivity contribution in [1.82, 2.24) is 5.06 Å². The number of carbonyl (C=O) groups excluding carboxylic acids is 1. The predicted octanol–water partition coefficient (Wildman–Crippen LogP) is 1.29. The first-order valence-electron chi connectivity index (χ1n) is 3.34. The van der Waals surface area contributed by atoms with Crippen LogP contribution in [-0.4, -0.2) is 23.2 Å². The molecule has 0 radical (unpaired) electrons. The van der Waals surface area contributed by atoms with E-state index in [0.717, 1.165) is 12.1 Å². The molecule has 0 saturated heterocycles. The third-order valence-corrected chi connectivity index (χ3v) is 1.39. The third-order valence-electron chi connectivity index (χ3n) is 1.39. The molecule has 0 aliphatic heterocycles. The van der Waals surface area contributed by atoms with Crippen LogP contribution in [0.2, 0.25) is 0 Å². The average Bonchev–Trinajstić information content (AvgIpc) is 2.04. The van der Waals surface area contributed by atoms with Gasteiger partial charge in [0.15, 0.2) is 0 Å². The summed E-state index contributed by atoms with van der Waals surface area (Å²) in [5.41, 5.74) is 0.251. The topological polar surface area (TPSA) is 40.5 Å². The Kier molecular flexibility index (Phi) is 2.40. The lowest BCUT2D eigenvalue weighted by atomic mass is 10.2. The molecule has 0 atom stereocenters. The van der Waals surface area contributed by atoms with Crippen LogP contribution in [-0.2, 0) is 0 Å². The summed E-state index contributed by atoms with van der Waals surface area (Å²) in [6, 6.07) is 4.95. The molecule has 0 fully saturated rings. The largest absolute Gasteiger partial charge is 0.286 e. The van der Waals surface area contributed by atoms with Gasteiger partial charge in [-0.3, -0.25) is 10.0 Å². The summed E-state index contributed by atoms with van der Waals surface area (Å²) in [5, 5.41) is 9.19. The highest BCUT2D eigenvalue weighted by atomic mass is 19.1. The molecule has 0 heterocycles. The van der Waals surface area contributed by atoms with Gasteiger partial charge in [-0.2, -0.15) is 0 Å². The Bertz CT molecular complexity index is 282. The summed E-state index contributed by atoms with van der Waals surface area (Å²) in [7, 11) is 1.21. The summed E-state index contributed by atoms with van der Waals surface area (Å²) < 4.78 is 12.4. The van der Waals surface area contributed by atoms with Crippen LogP contribution >= 0.6 is 0 Å². The second kappa shape index (κ2) is 3.32. The predicted molar refractivity (Wildman–Crippen MR) is 40.3 cm³/mol. The van der Waals surface area contributed by atoms with E-state index in [2.05, 4.69) is 0 Å². The van der Waals surface area contributed by atoms with Crippen molar-refractivity contribution in [3.8, 4) is 0 Å². The molecule has 3 nitrogen and oxygen atoms in total. The van der Waals surface area contributed by atoms with E-state index in [1.165, 1.54) is 19.2 Å². The Morgan fingerprint density at radius 2 is 1.92 bits per heavy atom. The van der Waals surface area contributed by atoms with Crippen molar-refractivity contribution in [2.75, 3.05) is 7.05 Å². The number of nitrogens with zero attached hydrogens (tertiary/aromatic N) is 1. The quantitative estimate of drug-likeness (QED) is 0.508. The maximum Gasteiger partial charge on any atom is 0.276 e. The van der Waals surface area contributed by atoms with Crippen molar-refractivity contribution in [2.24, 2.45) is 0 Å². The van der Waals surface area contributed by atoms with Crippen molar-refractivity contribution in [3.63, 3.8) is 0 Å². The van der Waals surface area contributed by atoms with E-state index in [0.29, 0.717) is 5.06 Å². The number of benzene rings is 1. The minimum atomic E-state index is -0.560. The first-order chi connectivity index (χ1) is 5.61. The average molecular weight is 169 g/mol.